The van der Waals surface area contributed by atoms with Gasteiger partial charge in [-0.3, -0.25) is 4.79 Å². The monoisotopic (exact) mass is 280 g/mol. The molecular formula is C15H21ClN2O. The molecule has 1 aromatic carbocycles. The van der Waals surface area contributed by atoms with Crippen molar-refractivity contribution in [3.8, 4) is 0 Å². The van der Waals surface area contributed by atoms with Crippen LogP contribution in [0, 0.1) is 12.8 Å². The Hall–Kier alpha value is -1.06. The van der Waals surface area contributed by atoms with Gasteiger partial charge in [-0.1, -0.05) is 30.5 Å². The van der Waals surface area contributed by atoms with Crippen LogP contribution in [-0.4, -0.2) is 11.9 Å². The number of aryl methyl sites for hydroxylation is 1. The van der Waals surface area contributed by atoms with Crippen LogP contribution >= 0.6 is 11.6 Å². The lowest BCUT2D eigenvalue weighted by atomic mass is 9.83. The van der Waals surface area contributed by atoms with Gasteiger partial charge in [0.2, 0.25) is 5.91 Å². The van der Waals surface area contributed by atoms with Gasteiger partial charge in [-0.25, -0.2) is 0 Å². The fourth-order valence-corrected chi connectivity index (χ4v) is 2.83. The molecule has 0 heterocycles. The van der Waals surface area contributed by atoms with Crippen LogP contribution in [0.3, 0.4) is 0 Å². The highest BCUT2D eigenvalue weighted by molar-refractivity contribution is 6.31. The second kappa shape index (κ2) is 6.40. The Morgan fingerprint density at radius 3 is 2.89 bits per heavy atom. The number of halogens is 1. The number of benzene rings is 1. The van der Waals surface area contributed by atoms with Crippen LogP contribution in [0.25, 0.3) is 0 Å². The van der Waals surface area contributed by atoms with Gasteiger partial charge >= 0.3 is 0 Å². The van der Waals surface area contributed by atoms with Crippen molar-refractivity contribution in [3.05, 3.63) is 28.8 Å². The zero-order valence-electron chi connectivity index (χ0n) is 11.3. The smallest absolute Gasteiger partial charge is 0.224 e. The Morgan fingerprint density at radius 1 is 1.42 bits per heavy atom. The lowest BCUT2D eigenvalue weighted by Crippen LogP contribution is -2.35. The second-order valence-electron chi connectivity index (χ2n) is 5.42. The molecule has 1 amide bonds. The Labute approximate surface area is 119 Å². The van der Waals surface area contributed by atoms with E-state index in [1.807, 2.05) is 19.1 Å². The summed E-state index contributed by atoms with van der Waals surface area (Å²) in [6, 6.07) is 5.68. The number of hydrogen-bond donors (Lipinski definition) is 2. The van der Waals surface area contributed by atoms with E-state index in [2.05, 4.69) is 5.32 Å². The van der Waals surface area contributed by atoms with Crippen LogP contribution in [0.4, 0.5) is 5.69 Å². The van der Waals surface area contributed by atoms with Crippen LogP contribution in [0.15, 0.2) is 18.2 Å². The standard InChI is InChI=1S/C15H21ClN2O/c1-10-6-7-12(16)9-14(10)18-15(19)8-11-4-2-3-5-13(11)17/h6-7,9,11,13H,2-5,8,17H2,1H3,(H,18,19). The molecule has 0 spiro atoms. The average molecular weight is 281 g/mol. The van der Waals surface area contributed by atoms with Gasteiger partial charge in [0, 0.05) is 23.2 Å². The number of hydrogen-bond acceptors (Lipinski definition) is 2. The fraction of sp³-hybridized carbons (Fsp3) is 0.533. The molecule has 1 fully saturated rings. The van der Waals surface area contributed by atoms with Crippen molar-refractivity contribution in [2.45, 2.75) is 45.1 Å². The lowest BCUT2D eigenvalue weighted by Gasteiger charge is -2.28. The minimum absolute atomic E-state index is 0.0349. The van der Waals surface area contributed by atoms with Crippen molar-refractivity contribution in [3.63, 3.8) is 0 Å². The third-order valence-electron chi connectivity index (χ3n) is 3.89. The molecule has 1 saturated carbocycles. The SMILES string of the molecule is Cc1ccc(Cl)cc1NC(=O)CC1CCCCC1N. The first-order valence-corrected chi connectivity index (χ1v) is 7.25. The van der Waals surface area contributed by atoms with E-state index in [4.69, 9.17) is 17.3 Å². The highest BCUT2D eigenvalue weighted by Crippen LogP contribution is 2.26. The van der Waals surface area contributed by atoms with E-state index in [-0.39, 0.29) is 11.9 Å². The zero-order valence-corrected chi connectivity index (χ0v) is 12.0. The summed E-state index contributed by atoms with van der Waals surface area (Å²) in [5.74, 6) is 0.348. The third kappa shape index (κ3) is 3.95. The van der Waals surface area contributed by atoms with Crippen LogP contribution in [0.1, 0.15) is 37.7 Å². The van der Waals surface area contributed by atoms with E-state index in [0.29, 0.717) is 17.4 Å². The molecule has 19 heavy (non-hydrogen) atoms. The summed E-state index contributed by atoms with van der Waals surface area (Å²) in [5.41, 5.74) is 7.89. The maximum atomic E-state index is 12.1. The normalized spacial score (nSPS) is 23.1. The average Bonchev–Trinajstić information content (AvgIpc) is 2.37. The summed E-state index contributed by atoms with van der Waals surface area (Å²) < 4.78 is 0. The predicted octanol–water partition coefficient (Wildman–Crippen LogP) is 3.49. The number of carbonyl (C=O) groups excluding carboxylic acids is 1. The van der Waals surface area contributed by atoms with Crippen LogP contribution in [-0.2, 0) is 4.79 Å². The van der Waals surface area contributed by atoms with E-state index >= 15 is 0 Å². The molecule has 2 rings (SSSR count). The summed E-state index contributed by atoms with van der Waals surface area (Å²) in [5, 5.41) is 3.57. The first-order chi connectivity index (χ1) is 9.06. The molecule has 0 radical (unpaired) electrons. The van der Waals surface area contributed by atoms with Gasteiger partial charge in [0.05, 0.1) is 0 Å². The molecule has 1 aliphatic carbocycles. The number of anilines is 1. The number of carbonyl (C=O) groups is 1. The molecular weight excluding hydrogens is 260 g/mol. The van der Waals surface area contributed by atoms with E-state index in [9.17, 15) is 4.79 Å². The van der Waals surface area contributed by atoms with Crippen molar-refractivity contribution in [2.24, 2.45) is 11.7 Å². The van der Waals surface area contributed by atoms with E-state index < -0.39 is 0 Å². The minimum Gasteiger partial charge on any atom is -0.327 e. The van der Waals surface area contributed by atoms with Crippen molar-refractivity contribution in [1.29, 1.82) is 0 Å². The predicted molar refractivity (Wildman–Crippen MR) is 79.4 cm³/mol. The van der Waals surface area contributed by atoms with Crippen molar-refractivity contribution in [2.75, 3.05) is 5.32 Å². The second-order valence-corrected chi connectivity index (χ2v) is 5.86. The highest BCUT2D eigenvalue weighted by atomic mass is 35.5. The van der Waals surface area contributed by atoms with Gasteiger partial charge in [0.25, 0.3) is 0 Å². The molecule has 0 aromatic heterocycles. The highest BCUT2D eigenvalue weighted by Gasteiger charge is 2.24. The fourth-order valence-electron chi connectivity index (χ4n) is 2.66. The number of nitrogens with one attached hydrogen (secondary N) is 1. The molecule has 0 bridgehead atoms. The van der Waals surface area contributed by atoms with Gasteiger partial charge in [-0.15, -0.1) is 0 Å². The van der Waals surface area contributed by atoms with E-state index in [1.165, 1.54) is 12.8 Å². The van der Waals surface area contributed by atoms with Crippen LogP contribution in [0.5, 0.6) is 0 Å². The number of rotatable bonds is 3. The summed E-state index contributed by atoms with van der Waals surface area (Å²) >= 11 is 5.94. The van der Waals surface area contributed by atoms with Gasteiger partial charge in [0.15, 0.2) is 0 Å². The summed E-state index contributed by atoms with van der Waals surface area (Å²) in [4.78, 5) is 12.1. The summed E-state index contributed by atoms with van der Waals surface area (Å²) in [6.07, 6.45) is 4.97. The first-order valence-electron chi connectivity index (χ1n) is 6.88. The van der Waals surface area contributed by atoms with E-state index in [0.717, 1.165) is 24.1 Å². The molecule has 3 N–H and O–H groups in total. The van der Waals surface area contributed by atoms with Gasteiger partial charge < -0.3 is 11.1 Å². The molecule has 2 atom stereocenters. The molecule has 1 aromatic rings. The van der Waals surface area contributed by atoms with E-state index in [1.54, 1.807) is 6.07 Å². The zero-order chi connectivity index (χ0) is 13.8. The lowest BCUT2D eigenvalue weighted by molar-refractivity contribution is -0.117. The number of amides is 1. The summed E-state index contributed by atoms with van der Waals surface area (Å²) in [6.45, 7) is 1.96. The Kier molecular flexibility index (Phi) is 4.83. The molecule has 2 unspecified atom stereocenters. The maximum absolute atomic E-state index is 12.1. The molecule has 4 heteroatoms. The minimum atomic E-state index is 0.0349. The number of nitrogens with two attached hydrogens (primary N) is 1. The quantitative estimate of drug-likeness (QED) is 0.890. The van der Waals surface area contributed by atoms with Crippen LogP contribution in [0.2, 0.25) is 5.02 Å². The Balaban J connectivity index is 1.95. The summed E-state index contributed by atoms with van der Waals surface area (Å²) in [7, 11) is 0. The van der Waals surface area contributed by atoms with Crippen molar-refractivity contribution >= 4 is 23.2 Å². The topological polar surface area (TPSA) is 55.1 Å². The largest absolute Gasteiger partial charge is 0.327 e. The molecule has 3 nitrogen and oxygen atoms in total. The Bertz CT molecular complexity index is 461. The molecule has 0 aliphatic heterocycles. The third-order valence-corrected chi connectivity index (χ3v) is 4.12. The maximum Gasteiger partial charge on any atom is 0.224 e. The molecule has 0 saturated heterocycles. The molecule has 1 aliphatic rings. The van der Waals surface area contributed by atoms with Gasteiger partial charge in [0.1, 0.15) is 0 Å². The van der Waals surface area contributed by atoms with Crippen molar-refractivity contribution < 1.29 is 4.79 Å². The van der Waals surface area contributed by atoms with Gasteiger partial charge in [-0.2, -0.15) is 0 Å². The van der Waals surface area contributed by atoms with Crippen LogP contribution < -0.4 is 11.1 Å². The van der Waals surface area contributed by atoms with Gasteiger partial charge in [-0.05, 0) is 43.4 Å². The molecule has 104 valence electrons. The first kappa shape index (κ1) is 14.4. The van der Waals surface area contributed by atoms with Crippen molar-refractivity contribution in [1.82, 2.24) is 0 Å². The Morgan fingerprint density at radius 2 is 2.16 bits per heavy atom.